The first-order valence-electron chi connectivity index (χ1n) is 5.76. The van der Waals surface area contributed by atoms with Gasteiger partial charge in [-0.25, -0.2) is 0 Å². The highest BCUT2D eigenvalue weighted by atomic mass is 35.5. The molecule has 1 aromatic carbocycles. The van der Waals surface area contributed by atoms with Crippen molar-refractivity contribution in [1.29, 1.82) is 0 Å². The predicted octanol–water partition coefficient (Wildman–Crippen LogP) is 3.09. The Morgan fingerprint density at radius 1 is 1.06 bits per heavy atom. The van der Waals surface area contributed by atoms with Crippen LogP contribution < -0.4 is 0 Å². The quantitative estimate of drug-likeness (QED) is 0.830. The Morgan fingerprint density at radius 2 is 1.62 bits per heavy atom. The monoisotopic (exact) mass is 243 g/mol. The van der Waals surface area contributed by atoms with E-state index in [-0.39, 0.29) is 12.4 Å². The molecule has 2 nitrogen and oxygen atoms in total. The standard InChI is InChI=1S/C13H21NO.ClH/c1-3-14(4-2)11-5-6-12-7-9-13(15)10-8-12;/h7-10,15H,3-6,11H2,1-2H3;1H. The average Bonchev–Trinajstić information content (AvgIpc) is 2.27. The number of aromatic hydroxyl groups is 1. The van der Waals surface area contributed by atoms with Gasteiger partial charge in [-0.2, -0.15) is 0 Å². The molecule has 1 aromatic rings. The number of rotatable bonds is 6. The maximum Gasteiger partial charge on any atom is 0.115 e. The van der Waals surface area contributed by atoms with Crippen LogP contribution in [0, 0.1) is 0 Å². The molecule has 1 rings (SSSR count). The molecule has 0 fully saturated rings. The summed E-state index contributed by atoms with van der Waals surface area (Å²) in [5.74, 6) is 0.350. The van der Waals surface area contributed by atoms with E-state index >= 15 is 0 Å². The molecule has 92 valence electrons. The van der Waals surface area contributed by atoms with Gasteiger partial charge in [-0.15, -0.1) is 12.4 Å². The summed E-state index contributed by atoms with van der Waals surface area (Å²) in [5.41, 5.74) is 1.31. The summed E-state index contributed by atoms with van der Waals surface area (Å²) < 4.78 is 0. The van der Waals surface area contributed by atoms with Gasteiger partial charge in [-0.1, -0.05) is 26.0 Å². The van der Waals surface area contributed by atoms with Crippen molar-refractivity contribution in [3.05, 3.63) is 29.8 Å². The molecular formula is C13H22ClNO. The Balaban J connectivity index is 0.00000225. The fourth-order valence-corrected chi connectivity index (χ4v) is 1.71. The summed E-state index contributed by atoms with van der Waals surface area (Å²) in [6.45, 7) is 7.82. The normalized spacial score (nSPS) is 10.2. The van der Waals surface area contributed by atoms with Gasteiger partial charge in [0.15, 0.2) is 0 Å². The van der Waals surface area contributed by atoms with Crippen LogP contribution in [0.1, 0.15) is 25.8 Å². The number of phenolic OH excluding ortho intramolecular Hbond substituents is 1. The van der Waals surface area contributed by atoms with Gasteiger partial charge in [0, 0.05) is 0 Å². The van der Waals surface area contributed by atoms with Crippen molar-refractivity contribution in [3.63, 3.8) is 0 Å². The predicted molar refractivity (Wildman–Crippen MR) is 71.5 cm³/mol. The van der Waals surface area contributed by atoms with E-state index < -0.39 is 0 Å². The van der Waals surface area contributed by atoms with E-state index in [0.717, 1.165) is 26.1 Å². The van der Waals surface area contributed by atoms with Gasteiger partial charge in [-0.05, 0) is 50.2 Å². The lowest BCUT2D eigenvalue weighted by molar-refractivity contribution is 0.300. The van der Waals surface area contributed by atoms with Gasteiger partial charge < -0.3 is 10.0 Å². The van der Waals surface area contributed by atoms with E-state index in [2.05, 4.69) is 18.7 Å². The van der Waals surface area contributed by atoms with Crippen LogP contribution in [-0.2, 0) is 6.42 Å². The smallest absolute Gasteiger partial charge is 0.115 e. The molecule has 3 heteroatoms. The molecule has 0 atom stereocenters. The fourth-order valence-electron chi connectivity index (χ4n) is 1.71. The number of benzene rings is 1. The summed E-state index contributed by atoms with van der Waals surface area (Å²) in [5, 5.41) is 9.14. The van der Waals surface area contributed by atoms with Crippen LogP contribution in [0.2, 0.25) is 0 Å². The van der Waals surface area contributed by atoms with Gasteiger partial charge in [-0.3, -0.25) is 0 Å². The number of nitrogens with zero attached hydrogens (tertiary/aromatic N) is 1. The van der Waals surface area contributed by atoms with Gasteiger partial charge in [0.1, 0.15) is 5.75 Å². The topological polar surface area (TPSA) is 23.5 Å². The molecule has 0 aliphatic heterocycles. The Morgan fingerprint density at radius 3 is 2.12 bits per heavy atom. The zero-order valence-corrected chi connectivity index (χ0v) is 11.0. The molecule has 0 unspecified atom stereocenters. The van der Waals surface area contributed by atoms with Gasteiger partial charge in [0.2, 0.25) is 0 Å². The van der Waals surface area contributed by atoms with Crippen LogP contribution in [-0.4, -0.2) is 29.6 Å². The minimum atomic E-state index is 0. The molecule has 0 radical (unpaired) electrons. The summed E-state index contributed by atoms with van der Waals surface area (Å²) in [6, 6.07) is 7.51. The lowest BCUT2D eigenvalue weighted by atomic mass is 10.1. The van der Waals surface area contributed by atoms with Gasteiger partial charge in [0.05, 0.1) is 0 Å². The van der Waals surface area contributed by atoms with Crippen molar-refractivity contribution < 1.29 is 5.11 Å². The molecule has 0 aliphatic carbocycles. The third kappa shape index (κ3) is 5.38. The second-order valence-corrected chi connectivity index (χ2v) is 3.80. The SMILES string of the molecule is CCN(CC)CCCc1ccc(O)cc1.Cl. The third-order valence-corrected chi connectivity index (χ3v) is 2.77. The second kappa shape index (κ2) is 8.43. The highest BCUT2D eigenvalue weighted by Gasteiger charge is 1.99. The summed E-state index contributed by atoms with van der Waals surface area (Å²) >= 11 is 0. The molecule has 0 bridgehead atoms. The van der Waals surface area contributed by atoms with E-state index in [9.17, 15) is 0 Å². The zero-order chi connectivity index (χ0) is 11.1. The van der Waals surface area contributed by atoms with E-state index in [0.29, 0.717) is 5.75 Å². The maximum atomic E-state index is 9.14. The molecule has 0 aliphatic rings. The Hall–Kier alpha value is -0.730. The van der Waals surface area contributed by atoms with Crippen LogP contribution >= 0.6 is 12.4 Å². The minimum absolute atomic E-state index is 0. The van der Waals surface area contributed by atoms with Crippen molar-refractivity contribution in [2.45, 2.75) is 26.7 Å². The van der Waals surface area contributed by atoms with E-state index in [1.165, 1.54) is 12.0 Å². The van der Waals surface area contributed by atoms with E-state index in [1.54, 1.807) is 12.1 Å². The minimum Gasteiger partial charge on any atom is -0.508 e. The maximum absolute atomic E-state index is 9.14. The molecular weight excluding hydrogens is 222 g/mol. The molecule has 0 saturated carbocycles. The molecule has 0 heterocycles. The van der Waals surface area contributed by atoms with Crippen LogP contribution in [0.15, 0.2) is 24.3 Å². The number of aryl methyl sites for hydroxylation is 1. The van der Waals surface area contributed by atoms with Crippen molar-refractivity contribution in [3.8, 4) is 5.75 Å². The first-order valence-corrected chi connectivity index (χ1v) is 5.76. The molecule has 0 saturated heterocycles. The lowest BCUT2D eigenvalue weighted by Gasteiger charge is -2.17. The zero-order valence-electron chi connectivity index (χ0n) is 10.1. The first kappa shape index (κ1) is 15.3. The first-order chi connectivity index (χ1) is 7.26. The van der Waals surface area contributed by atoms with Gasteiger partial charge >= 0.3 is 0 Å². The van der Waals surface area contributed by atoms with Crippen LogP contribution in [0.4, 0.5) is 0 Å². The Kier molecular flexibility index (Phi) is 8.04. The molecule has 1 N–H and O–H groups in total. The van der Waals surface area contributed by atoms with Crippen molar-refractivity contribution in [1.82, 2.24) is 4.90 Å². The lowest BCUT2D eigenvalue weighted by Crippen LogP contribution is -2.24. The highest BCUT2D eigenvalue weighted by molar-refractivity contribution is 5.85. The van der Waals surface area contributed by atoms with Crippen molar-refractivity contribution >= 4 is 12.4 Å². The van der Waals surface area contributed by atoms with E-state index in [1.807, 2.05) is 12.1 Å². The number of phenols is 1. The Bertz CT molecular complexity index is 270. The summed E-state index contributed by atoms with van der Waals surface area (Å²) in [6.07, 6.45) is 2.28. The van der Waals surface area contributed by atoms with Gasteiger partial charge in [0.25, 0.3) is 0 Å². The largest absolute Gasteiger partial charge is 0.508 e. The number of hydrogen-bond donors (Lipinski definition) is 1. The third-order valence-electron chi connectivity index (χ3n) is 2.77. The van der Waals surface area contributed by atoms with E-state index in [4.69, 9.17) is 5.11 Å². The van der Waals surface area contributed by atoms with Crippen LogP contribution in [0.5, 0.6) is 5.75 Å². The van der Waals surface area contributed by atoms with Crippen LogP contribution in [0.25, 0.3) is 0 Å². The fraction of sp³-hybridized carbons (Fsp3) is 0.538. The summed E-state index contributed by atoms with van der Waals surface area (Å²) in [4.78, 5) is 2.43. The Labute approximate surface area is 105 Å². The number of halogens is 1. The van der Waals surface area contributed by atoms with Crippen molar-refractivity contribution in [2.24, 2.45) is 0 Å². The molecule has 0 aromatic heterocycles. The molecule has 16 heavy (non-hydrogen) atoms. The highest BCUT2D eigenvalue weighted by Crippen LogP contribution is 2.11. The average molecular weight is 244 g/mol. The number of hydrogen-bond acceptors (Lipinski definition) is 2. The van der Waals surface area contributed by atoms with Crippen molar-refractivity contribution in [2.75, 3.05) is 19.6 Å². The molecule has 0 amide bonds. The summed E-state index contributed by atoms with van der Waals surface area (Å²) in [7, 11) is 0. The van der Waals surface area contributed by atoms with Crippen LogP contribution in [0.3, 0.4) is 0 Å². The second-order valence-electron chi connectivity index (χ2n) is 3.80. The molecule has 0 spiro atoms.